The van der Waals surface area contributed by atoms with Gasteiger partial charge in [-0.15, -0.1) is 0 Å². The van der Waals surface area contributed by atoms with Crippen molar-refractivity contribution in [2.24, 2.45) is 0 Å². The Morgan fingerprint density at radius 2 is 2.45 bits per heavy atom. The highest BCUT2D eigenvalue weighted by Gasteiger charge is 2.20. The van der Waals surface area contributed by atoms with Crippen LogP contribution in [0.2, 0.25) is 5.02 Å². The fraction of sp³-hybridized carbons (Fsp3) is 0.500. The second-order valence-corrected chi connectivity index (χ2v) is 6.08. The zero-order valence-electron chi connectivity index (χ0n) is 11.2. The first-order chi connectivity index (χ1) is 9.75. The van der Waals surface area contributed by atoms with E-state index in [-0.39, 0.29) is 12.0 Å². The molecule has 20 heavy (non-hydrogen) atoms. The Hall–Kier alpha value is -0.750. The molecule has 0 radical (unpaired) electrons. The number of carbonyl (C=O) groups excluding carboxylic acids is 1. The summed E-state index contributed by atoms with van der Waals surface area (Å²) in [5, 5.41) is 6.80. The molecule has 1 heterocycles. The average Bonchev–Trinajstić information content (AvgIpc) is 2.48. The van der Waals surface area contributed by atoms with Gasteiger partial charge < -0.3 is 15.4 Å². The Bertz CT molecular complexity index is 439. The van der Waals surface area contributed by atoms with E-state index >= 15 is 0 Å². The molecular weight excluding hydrogens is 296 g/mol. The second kappa shape index (κ2) is 8.52. The molecule has 0 aliphatic carbocycles. The molecule has 0 aromatic heterocycles. The highest BCUT2D eigenvalue weighted by molar-refractivity contribution is 7.98. The molecule has 1 aliphatic rings. The molecule has 1 atom stereocenters. The molecule has 0 spiro atoms. The fourth-order valence-electron chi connectivity index (χ4n) is 1.91. The smallest absolute Gasteiger partial charge is 0.250 e. The predicted octanol–water partition coefficient (Wildman–Crippen LogP) is 1.68. The van der Waals surface area contributed by atoms with Gasteiger partial charge in [-0.05, 0) is 17.7 Å². The van der Waals surface area contributed by atoms with Crippen LogP contribution in [0.3, 0.4) is 0 Å². The van der Waals surface area contributed by atoms with Crippen molar-refractivity contribution in [3.8, 4) is 0 Å². The summed E-state index contributed by atoms with van der Waals surface area (Å²) in [7, 11) is 0. The number of carbonyl (C=O) groups is 1. The Morgan fingerprint density at radius 1 is 1.55 bits per heavy atom. The lowest BCUT2D eigenvalue weighted by molar-refractivity contribution is -0.134. The van der Waals surface area contributed by atoms with Gasteiger partial charge in [-0.2, -0.15) is 11.8 Å². The monoisotopic (exact) mass is 314 g/mol. The van der Waals surface area contributed by atoms with Gasteiger partial charge in [0.15, 0.2) is 0 Å². The molecule has 1 aromatic rings. The quantitative estimate of drug-likeness (QED) is 0.784. The molecule has 6 heteroatoms. The van der Waals surface area contributed by atoms with Gasteiger partial charge in [-0.25, -0.2) is 0 Å². The minimum atomic E-state index is -0.346. The van der Waals surface area contributed by atoms with E-state index in [1.807, 2.05) is 18.2 Å². The number of nitrogens with one attached hydrogen (secondary N) is 2. The Morgan fingerprint density at radius 3 is 3.20 bits per heavy atom. The summed E-state index contributed by atoms with van der Waals surface area (Å²) < 4.78 is 5.38. The third-order valence-electron chi connectivity index (χ3n) is 2.92. The topological polar surface area (TPSA) is 50.4 Å². The van der Waals surface area contributed by atoms with Crippen molar-refractivity contribution in [1.29, 1.82) is 0 Å². The van der Waals surface area contributed by atoms with E-state index in [1.54, 1.807) is 11.8 Å². The molecule has 0 unspecified atom stereocenters. The molecule has 0 bridgehead atoms. The number of morpholine rings is 1. The number of benzene rings is 1. The van der Waals surface area contributed by atoms with E-state index in [1.165, 1.54) is 5.56 Å². The van der Waals surface area contributed by atoms with Crippen LogP contribution < -0.4 is 10.6 Å². The molecule has 2 N–H and O–H groups in total. The second-order valence-electron chi connectivity index (χ2n) is 4.54. The summed E-state index contributed by atoms with van der Waals surface area (Å²) in [6.07, 6.45) is -0.346. The zero-order chi connectivity index (χ0) is 14.2. The Balaban J connectivity index is 1.58. The largest absolute Gasteiger partial charge is 0.366 e. The van der Waals surface area contributed by atoms with E-state index in [2.05, 4.69) is 16.7 Å². The third-order valence-corrected chi connectivity index (χ3v) is 4.19. The number of ether oxygens (including phenoxy) is 1. The Kier molecular flexibility index (Phi) is 6.66. The molecule has 1 fully saturated rings. The van der Waals surface area contributed by atoms with Crippen LogP contribution in [0.5, 0.6) is 0 Å². The Labute approximate surface area is 128 Å². The van der Waals surface area contributed by atoms with Crippen LogP contribution in [0.1, 0.15) is 5.56 Å². The summed E-state index contributed by atoms with van der Waals surface area (Å²) in [4.78, 5) is 11.8. The fourth-order valence-corrected chi connectivity index (χ4v) is 2.93. The lowest BCUT2D eigenvalue weighted by Gasteiger charge is -2.22. The molecule has 1 aromatic carbocycles. The predicted molar refractivity (Wildman–Crippen MR) is 83.2 cm³/mol. The number of halogens is 1. The number of hydrogen-bond donors (Lipinski definition) is 2. The van der Waals surface area contributed by atoms with E-state index in [0.717, 1.165) is 23.1 Å². The van der Waals surface area contributed by atoms with E-state index < -0.39 is 0 Å². The van der Waals surface area contributed by atoms with Gasteiger partial charge in [0.05, 0.1) is 6.61 Å². The average molecular weight is 315 g/mol. The standard InChI is InChI=1S/C14H19ClN2O2S/c15-12-3-1-2-11(8-12)10-20-7-5-17-14(18)13-9-16-4-6-19-13/h1-3,8,13,16H,4-7,9-10H2,(H,17,18)/t13-/m1/s1. The van der Waals surface area contributed by atoms with Gasteiger partial charge in [0.2, 0.25) is 5.91 Å². The van der Waals surface area contributed by atoms with Crippen LogP contribution in [0.15, 0.2) is 24.3 Å². The van der Waals surface area contributed by atoms with Crippen molar-refractivity contribution in [1.82, 2.24) is 10.6 Å². The highest BCUT2D eigenvalue weighted by atomic mass is 35.5. The van der Waals surface area contributed by atoms with E-state index in [4.69, 9.17) is 16.3 Å². The summed E-state index contributed by atoms with van der Waals surface area (Å²) >= 11 is 7.70. The SMILES string of the molecule is O=C(NCCSCc1cccc(Cl)c1)[C@H]1CNCCO1. The molecule has 1 saturated heterocycles. The van der Waals surface area contributed by atoms with Crippen molar-refractivity contribution in [3.63, 3.8) is 0 Å². The van der Waals surface area contributed by atoms with Gasteiger partial charge in [-0.1, -0.05) is 23.7 Å². The van der Waals surface area contributed by atoms with Crippen molar-refractivity contribution >= 4 is 29.3 Å². The van der Waals surface area contributed by atoms with Gasteiger partial charge in [0, 0.05) is 36.2 Å². The van der Waals surface area contributed by atoms with Crippen molar-refractivity contribution in [2.45, 2.75) is 11.9 Å². The highest BCUT2D eigenvalue weighted by Crippen LogP contribution is 2.16. The van der Waals surface area contributed by atoms with Crippen molar-refractivity contribution in [3.05, 3.63) is 34.9 Å². The minimum Gasteiger partial charge on any atom is -0.366 e. The molecule has 1 aliphatic heterocycles. The van der Waals surface area contributed by atoms with Crippen LogP contribution in [0, 0.1) is 0 Å². The molecule has 0 saturated carbocycles. The summed E-state index contributed by atoms with van der Waals surface area (Å²) in [6.45, 7) is 2.67. The van der Waals surface area contributed by atoms with Crippen LogP contribution in [-0.4, -0.2) is 44.0 Å². The number of rotatable bonds is 6. The van der Waals surface area contributed by atoms with Crippen LogP contribution in [0.25, 0.3) is 0 Å². The maximum absolute atomic E-state index is 11.8. The maximum atomic E-state index is 11.8. The third kappa shape index (κ3) is 5.32. The van der Waals surface area contributed by atoms with Crippen molar-refractivity contribution in [2.75, 3.05) is 32.0 Å². The lowest BCUT2D eigenvalue weighted by atomic mass is 10.2. The van der Waals surface area contributed by atoms with Gasteiger partial charge in [-0.3, -0.25) is 4.79 Å². The molecular formula is C14H19ClN2O2S. The lowest BCUT2D eigenvalue weighted by Crippen LogP contribution is -2.48. The molecule has 1 amide bonds. The van der Waals surface area contributed by atoms with Crippen LogP contribution in [0.4, 0.5) is 0 Å². The number of thioether (sulfide) groups is 1. The van der Waals surface area contributed by atoms with Crippen LogP contribution in [-0.2, 0) is 15.3 Å². The van der Waals surface area contributed by atoms with Crippen LogP contribution >= 0.6 is 23.4 Å². The first kappa shape index (κ1) is 15.6. The van der Waals surface area contributed by atoms with Gasteiger partial charge in [0.25, 0.3) is 0 Å². The minimum absolute atomic E-state index is 0.0273. The molecule has 4 nitrogen and oxygen atoms in total. The number of hydrogen-bond acceptors (Lipinski definition) is 4. The van der Waals surface area contributed by atoms with Gasteiger partial charge >= 0.3 is 0 Å². The first-order valence-electron chi connectivity index (χ1n) is 6.68. The number of amides is 1. The van der Waals surface area contributed by atoms with Gasteiger partial charge in [0.1, 0.15) is 6.10 Å². The first-order valence-corrected chi connectivity index (χ1v) is 8.21. The van der Waals surface area contributed by atoms with Crippen molar-refractivity contribution < 1.29 is 9.53 Å². The normalized spacial score (nSPS) is 18.8. The zero-order valence-corrected chi connectivity index (χ0v) is 12.8. The van der Waals surface area contributed by atoms with E-state index in [9.17, 15) is 4.79 Å². The molecule has 2 rings (SSSR count). The molecule has 110 valence electrons. The maximum Gasteiger partial charge on any atom is 0.250 e. The summed E-state index contributed by atoms with van der Waals surface area (Å²) in [6, 6.07) is 7.84. The summed E-state index contributed by atoms with van der Waals surface area (Å²) in [5.41, 5.74) is 1.20. The van der Waals surface area contributed by atoms with E-state index in [0.29, 0.717) is 19.7 Å². The summed E-state index contributed by atoms with van der Waals surface area (Å²) in [5.74, 6) is 1.75.